The molecule has 29 heavy (non-hydrogen) atoms. The van der Waals surface area contributed by atoms with Crippen LogP contribution in [0, 0.1) is 5.82 Å². The van der Waals surface area contributed by atoms with Gasteiger partial charge >= 0.3 is 6.09 Å². The highest BCUT2D eigenvalue weighted by Crippen LogP contribution is 2.28. The number of alkyl carbamates (subject to hydrolysis) is 1. The molecule has 2 heterocycles. The Morgan fingerprint density at radius 3 is 2.69 bits per heavy atom. The fraction of sp³-hybridized carbons (Fsp3) is 0.400. The van der Waals surface area contributed by atoms with Gasteiger partial charge in [-0.1, -0.05) is 37.2 Å². The topological polar surface area (TPSA) is 101 Å². The fourth-order valence-corrected chi connectivity index (χ4v) is 2.77. The van der Waals surface area contributed by atoms with Gasteiger partial charge in [0.25, 0.3) is 0 Å². The number of fused-ring (bicyclic) bond motifs is 1. The van der Waals surface area contributed by atoms with Crippen molar-refractivity contribution in [2.75, 3.05) is 0 Å². The van der Waals surface area contributed by atoms with Crippen molar-refractivity contribution in [3.8, 4) is 0 Å². The van der Waals surface area contributed by atoms with E-state index in [1.54, 1.807) is 43.5 Å². The molecule has 2 N–H and O–H groups in total. The molecule has 1 unspecified atom stereocenters. The van der Waals surface area contributed by atoms with Crippen LogP contribution in [0.4, 0.5) is 9.18 Å². The number of benzene rings is 1. The van der Waals surface area contributed by atoms with Crippen LogP contribution < -0.4 is 5.32 Å². The normalized spacial score (nSPS) is 15.8. The molecule has 1 aliphatic rings. The molecule has 0 saturated carbocycles. The maximum Gasteiger partial charge on any atom is 0.413 e. The Morgan fingerprint density at radius 2 is 2.07 bits per heavy atom. The van der Waals surface area contributed by atoms with E-state index < -0.39 is 23.6 Å². The smallest absolute Gasteiger partial charge is 0.413 e. The van der Waals surface area contributed by atoms with Gasteiger partial charge in [-0.25, -0.2) is 14.2 Å². The first kappa shape index (κ1) is 22.1. The van der Waals surface area contributed by atoms with Crippen molar-refractivity contribution in [2.45, 2.75) is 52.8 Å². The summed E-state index contributed by atoms with van der Waals surface area (Å²) in [6, 6.07) is 5.71. The van der Waals surface area contributed by atoms with Gasteiger partial charge in [-0.2, -0.15) is 0 Å². The molecule has 0 saturated heterocycles. The molecule has 156 valence electrons. The number of aromatic nitrogens is 2. The van der Waals surface area contributed by atoms with E-state index in [0.29, 0.717) is 17.1 Å². The number of hydrogen-bond donors (Lipinski definition) is 2. The van der Waals surface area contributed by atoms with Crippen molar-refractivity contribution < 1.29 is 19.1 Å². The zero-order valence-corrected chi connectivity index (χ0v) is 17.2. The van der Waals surface area contributed by atoms with E-state index in [4.69, 9.17) is 9.94 Å². The van der Waals surface area contributed by atoms with Gasteiger partial charge in [-0.15, -0.1) is 0 Å². The number of rotatable bonds is 2. The zero-order chi connectivity index (χ0) is 21.6. The van der Waals surface area contributed by atoms with Crippen molar-refractivity contribution in [3.63, 3.8) is 0 Å². The summed E-state index contributed by atoms with van der Waals surface area (Å²) in [5, 5.41) is 14.4. The van der Waals surface area contributed by atoms with Gasteiger partial charge in [0.05, 0.1) is 18.8 Å². The first-order valence-corrected chi connectivity index (χ1v) is 9.34. The second-order valence-electron chi connectivity index (χ2n) is 7.00. The summed E-state index contributed by atoms with van der Waals surface area (Å²) in [5.41, 5.74) is 0.203. The Bertz CT molecular complexity index is 915. The Labute approximate surface area is 169 Å². The van der Waals surface area contributed by atoms with Crippen molar-refractivity contribution in [1.29, 1.82) is 0 Å². The molecule has 0 spiro atoms. The van der Waals surface area contributed by atoms with Crippen molar-refractivity contribution in [1.82, 2.24) is 14.9 Å². The Balaban J connectivity index is 0.00000145. The largest absolute Gasteiger partial charge is 0.444 e. The Hall–Kier alpha value is -3.23. The first-order chi connectivity index (χ1) is 13.8. The summed E-state index contributed by atoms with van der Waals surface area (Å²) < 4.78 is 21.2. The van der Waals surface area contributed by atoms with Crippen molar-refractivity contribution in [3.05, 3.63) is 53.4 Å². The maximum atomic E-state index is 14.3. The SMILES string of the molecule is CC.CC(C)(C)OC(=O)NC1=NC(c2ccccc2F)Cn2c1cnc2/C=N/O. The molecule has 0 bridgehead atoms. The van der Waals surface area contributed by atoms with Gasteiger partial charge in [-0.05, 0) is 26.8 Å². The van der Waals surface area contributed by atoms with Crippen LogP contribution in [0.2, 0.25) is 0 Å². The predicted molar refractivity (Wildman–Crippen MR) is 108 cm³/mol. The molecule has 8 nitrogen and oxygen atoms in total. The van der Waals surface area contributed by atoms with Crippen LogP contribution in [-0.2, 0) is 11.3 Å². The predicted octanol–water partition coefficient (Wildman–Crippen LogP) is 3.88. The summed E-state index contributed by atoms with van der Waals surface area (Å²) in [6.45, 7) is 9.52. The second kappa shape index (κ2) is 9.31. The lowest BCUT2D eigenvalue weighted by atomic mass is 10.1. The summed E-state index contributed by atoms with van der Waals surface area (Å²) >= 11 is 0. The number of oxime groups is 1. The minimum Gasteiger partial charge on any atom is -0.444 e. The van der Waals surface area contributed by atoms with E-state index in [0.717, 1.165) is 0 Å². The second-order valence-corrected chi connectivity index (χ2v) is 7.00. The third-order valence-electron chi connectivity index (χ3n) is 3.83. The van der Waals surface area contributed by atoms with E-state index >= 15 is 0 Å². The number of amides is 1. The quantitative estimate of drug-likeness (QED) is 0.451. The van der Waals surface area contributed by atoms with Gasteiger partial charge in [-0.3, -0.25) is 10.3 Å². The number of ether oxygens (including phenoxy) is 1. The van der Waals surface area contributed by atoms with Gasteiger partial charge < -0.3 is 14.5 Å². The average Bonchev–Trinajstić information content (AvgIpc) is 3.06. The van der Waals surface area contributed by atoms with E-state index in [9.17, 15) is 9.18 Å². The molecule has 3 rings (SSSR count). The van der Waals surface area contributed by atoms with Crippen LogP contribution in [0.1, 0.15) is 57.7 Å². The van der Waals surface area contributed by atoms with Crippen LogP contribution in [0.15, 0.2) is 40.6 Å². The molecule has 1 aromatic heterocycles. The van der Waals surface area contributed by atoms with Gasteiger partial charge in [0.1, 0.15) is 23.3 Å². The van der Waals surface area contributed by atoms with E-state index in [-0.39, 0.29) is 12.4 Å². The number of hydrogen-bond acceptors (Lipinski definition) is 6. The van der Waals surface area contributed by atoms with Gasteiger partial charge in [0.2, 0.25) is 0 Å². The lowest BCUT2D eigenvalue weighted by molar-refractivity contribution is 0.0562. The van der Waals surface area contributed by atoms with Crippen molar-refractivity contribution in [2.24, 2.45) is 10.1 Å². The molecular weight excluding hydrogens is 377 g/mol. The molecule has 1 amide bonds. The average molecular weight is 403 g/mol. The standard InChI is InChI=1S/C18H20FN5O3.C2H6/c1-18(2,3)27-17(25)23-16-14-8-20-15(9-21-26)24(14)10-13(22-16)11-6-4-5-7-12(11)19;1-2/h4-9,13,26H,10H2,1-3H3,(H,22,23,25);1-2H3/b21-9+;. The summed E-state index contributed by atoms with van der Waals surface area (Å²) in [4.78, 5) is 20.8. The molecule has 0 radical (unpaired) electrons. The minimum absolute atomic E-state index is 0.203. The number of imidazole rings is 1. The highest BCUT2D eigenvalue weighted by molar-refractivity contribution is 6.06. The number of carbonyl (C=O) groups excluding carboxylic acids is 1. The zero-order valence-electron chi connectivity index (χ0n) is 17.2. The summed E-state index contributed by atoms with van der Waals surface area (Å²) in [7, 11) is 0. The monoisotopic (exact) mass is 403 g/mol. The van der Waals surface area contributed by atoms with Crippen LogP contribution in [0.5, 0.6) is 0 Å². The molecule has 0 fully saturated rings. The fourth-order valence-electron chi connectivity index (χ4n) is 2.77. The maximum absolute atomic E-state index is 14.3. The lowest BCUT2D eigenvalue weighted by Gasteiger charge is -2.25. The van der Waals surface area contributed by atoms with Crippen LogP contribution in [0.3, 0.4) is 0 Å². The first-order valence-electron chi connectivity index (χ1n) is 9.34. The lowest BCUT2D eigenvalue weighted by Crippen LogP contribution is -2.40. The number of nitrogens with zero attached hydrogens (tertiary/aromatic N) is 4. The van der Waals surface area contributed by atoms with Crippen LogP contribution in [-0.4, -0.2) is 38.5 Å². The molecule has 1 aliphatic heterocycles. The number of aliphatic imine (C=N–C) groups is 1. The molecule has 1 aromatic carbocycles. The molecular formula is C20H26FN5O3. The van der Waals surface area contributed by atoms with Gasteiger partial charge in [0, 0.05) is 5.56 Å². The van der Waals surface area contributed by atoms with Crippen molar-refractivity contribution >= 4 is 18.1 Å². The van der Waals surface area contributed by atoms with Gasteiger partial charge in [0.15, 0.2) is 11.7 Å². The Kier molecular flexibility index (Phi) is 7.08. The third-order valence-corrected chi connectivity index (χ3v) is 3.83. The molecule has 2 aromatic rings. The van der Waals surface area contributed by atoms with E-state index in [1.165, 1.54) is 18.5 Å². The molecule has 1 atom stereocenters. The molecule has 9 heteroatoms. The van der Waals surface area contributed by atoms with Crippen LogP contribution >= 0.6 is 0 Å². The molecule has 0 aliphatic carbocycles. The summed E-state index contributed by atoms with van der Waals surface area (Å²) in [6.07, 6.45) is 1.98. The highest BCUT2D eigenvalue weighted by Gasteiger charge is 2.28. The van der Waals surface area contributed by atoms with E-state index in [2.05, 4.69) is 20.4 Å². The number of nitrogens with one attached hydrogen (secondary N) is 1. The Morgan fingerprint density at radius 1 is 1.38 bits per heavy atom. The minimum atomic E-state index is -0.681. The summed E-state index contributed by atoms with van der Waals surface area (Å²) in [5.74, 6) is 0.157. The third kappa shape index (κ3) is 5.40. The number of halogens is 1. The highest BCUT2D eigenvalue weighted by atomic mass is 19.1. The van der Waals surface area contributed by atoms with E-state index in [1.807, 2.05) is 13.8 Å². The number of amidine groups is 1. The van der Waals surface area contributed by atoms with Crippen LogP contribution in [0.25, 0.3) is 0 Å². The number of carbonyl (C=O) groups is 1.